The zero-order valence-corrected chi connectivity index (χ0v) is 16.9. The van der Waals surface area contributed by atoms with Gasteiger partial charge in [-0.3, -0.25) is 9.20 Å². The Kier molecular flexibility index (Phi) is 4.43. The number of nitrogens with one attached hydrogen (secondary N) is 1. The lowest BCUT2D eigenvalue weighted by atomic mass is 9.95. The predicted molar refractivity (Wildman–Crippen MR) is 115 cm³/mol. The molecular formula is C22H20BrN3O2. The quantitative estimate of drug-likeness (QED) is 0.452. The summed E-state index contributed by atoms with van der Waals surface area (Å²) in [5, 5.41) is 4.22. The fourth-order valence-corrected chi connectivity index (χ4v) is 4.39. The second kappa shape index (κ2) is 7.09. The molecule has 4 aromatic rings. The standard InChI is InChI=1S/C22H20BrN3O2/c23-14-9-10-18-16(12-14)21(27)17(13-28-18)20-22(24-15-6-2-1-3-7-15)26-11-5-4-8-19(26)25-20/h4-5,8-13,15,24H,1-3,6-7H2. The first-order valence-electron chi connectivity index (χ1n) is 9.66. The monoisotopic (exact) mass is 437 g/mol. The van der Waals surface area contributed by atoms with Crippen molar-refractivity contribution < 1.29 is 4.42 Å². The summed E-state index contributed by atoms with van der Waals surface area (Å²) in [6.45, 7) is 0. The summed E-state index contributed by atoms with van der Waals surface area (Å²) in [6.07, 6.45) is 9.55. The van der Waals surface area contributed by atoms with Gasteiger partial charge in [0.1, 0.15) is 29.0 Å². The molecule has 0 unspecified atom stereocenters. The van der Waals surface area contributed by atoms with Crippen LogP contribution in [0, 0.1) is 0 Å². The van der Waals surface area contributed by atoms with Crippen LogP contribution in [0.3, 0.4) is 0 Å². The van der Waals surface area contributed by atoms with Gasteiger partial charge >= 0.3 is 0 Å². The fraction of sp³-hybridized carbons (Fsp3) is 0.273. The zero-order valence-electron chi connectivity index (χ0n) is 15.3. The average Bonchev–Trinajstić information content (AvgIpc) is 3.08. The lowest BCUT2D eigenvalue weighted by Crippen LogP contribution is -2.23. The van der Waals surface area contributed by atoms with Crippen molar-refractivity contribution in [1.29, 1.82) is 0 Å². The minimum absolute atomic E-state index is 0.0716. The Morgan fingerprint density at radius 1 is 1.14 bits per heavy atom. The zero-order chi connectivity index (χ0) is 19.1. The van der Waals surface area contributed by atoms with Gasteiger partial charge in [-0.05, 0) is 43.2 Å². The molecule has 1 aliphatic carbocycles. The third-order valence-electron chi connectivity index (χ3n) is 5.47. The molecule has 0 aliphatic heterocycles. The van der Waals surface area contributed by atoms with E-state index in [9.17, 15) is 4.79 Å². The molecule has 0 bridgehead atoms. The Labute approximate surface area is 170 Å². The van der Waals surface area contributed by atoms with E-state index in [0.29, 0.717) is 28.3 Å². The van der Waals surface area contributed by atoms with E-state index in [2.05, 4.69) is 21.2 Å². The average molecular weight is 438 g/mol. The topological polar surface area (TPSA) is 59.5 Å². The second-order valence-electron chi connectivity index (χ2n) is 7.34. The third kappa shape index (κ3) is 3.02. The molecule has 5 rings (SSSR count). The number of imidazole rings is 1. The Bertz CT molecular complexity index is 1220. The van der Waals surface area contributed by atoms with Crippen LogP contribution in [0.5, 0.6) is 0 Å². The van der Waals surface area contributed by atoms with E-state index in [0.717, 1.165) is 28.8 Å². The van der Waals surface area contributed by atoms with Crippen LogP contribution in [0.2, 0.25) is 0 Å². The molecule has 3 aromatic heterocycles. The highest BCUT2D eigenvalue weighted by molar-refractivity contribution is 9.10. The first-order valence-corrected chi connectivity index (χ1v) is 10.4. The maximum absolute atomic E-state index is 13.2. The molecule has 0 radical (unpaired) electrons. The summed E-state index contributed by atoms with van der Waals surface area (Å²) in [6, 6.07) is 11.8. The second-order valence-corrected chi connectivity index (χ2v) is 8.25. The SMILES string of the molecule is O=c1c(-c2nc3ccccn3c2NC2CCCCC2)coc2ccc(Br)cc12. The molecule has 28 heavy (non-hydrogen) atoms. The van der Waals surface area contributed by atoms with Crippen molar-refractivity contribution in [2.24, 2.45) is 0 Å². The molecule has 1 saturated carbocycles. The van der Waals surface area contributed by atoms with Crippen LogP contribution in [-0.2, 0) is 0 Å². The number of pyridine rings is 1. The summed E-state index contributed by atoms with van der Waals surface area (Å²) in [4.78, 5) is 18.0. The van der Waals surface area contributed by atoms with Gasteiger partial charge in [0.05, 0.1) is 10.9 Å². The van der Waals surface area contributed by atoms with E-state index in [1.807, 2.05) is 34.9 Å². The number of rotatable bonds is 3. The summed E-state index contributed by atoms with van der Waals surface area (Å²) >= 11 is 3.44. The number of benzene rings is 1. The Morgan fingerprint density at radius 3 is 2.86 bits per heavy atom. The molecule has 3 heterocycles. The van der Waals surface area contributed by atoms with E-state index in [1.165, 1.54) is 25.5 Å². The van der Waals surface area contributed by atoms with Crippen molar-refractivity contribution in [3.8, 4) is 11.3 Å². The highest BCUT2D eigenvalue weighted by Gasteiger charge is 2.22. The molecular weight excluding hydrogens is 418 g/mol. The highest BCUT2D eigenvalue weighted by Crippen LogP contribution is 2.31. The molecule has 6 heteroatoms. The minimum Gasteiger partial charge on any atom is -0.463 e. The number of aromatic nitrogens is 2. The number of hydrogen-bond donors (Lipinski definition) is 1. The van der Waals surface area contributed by atoms with Crippen molar-refractivity contribution in [3.05, 3.63) is 63.6 Å². The van der Waals surface area contributed by atoms with Crippen molar-refractivity contribution in [3.63, 3.8) is 0 Å². The van der Waals surface area contributed by atoms with Crippen molar-refractivity contribution in [2.75, 3.05) is 5.32 Å². The van der Waals surface area contributed by atoms with Gasteiger partial charge in [0, 0.05) is 16.7 Å². The van der Waals surface area contributed by atoms with Crippen molar-refractivity contribution in [2.45, 2.75) is 38.1 Å². The van der Waals surface area contributed by atoms with E-state index in [4.69, 9.17) is 9.40 Å². The molecule has 1 fully saturated rings. The number of hydrogen-bond acceptors (Lipinski definition) is 4. The number of anilines is 1. The number of nitrogens with zero attached hydrogens (tertiary/aromatic N) is 2. The van der Waals surface area contributed by atoms with E-state index >= 15 is 0 Å². The Hall–Kier alpha value is -2.60. The molecule has 0 amide bonds. The Balaban J connectivity index is 1.70. The van der Waals surface area contributed by atoms with E-state index in [-0.39, 0.29) is 5.43 Å². The molecule has 1 aliphatic rings. The van der Waals surface area contributed by atoms with E-state index in [1.54, 1.807) is 12.1 Å². The van der Waals surface area contributed by atoms with Gasteiger partial charge in [0.2, 0.25) is 5.43 Å². The summed E-state index contributed by atoms with van der Waals surface area (Å²) in [5.41, 5.74) is 2.43. The first kappa shape index (κ1) is 17.5. The molecule has 0 atom stereocenters. The smallest absolute Gasteiger partial charge is 0.202 e. The largest absolute Gasteiger partial charge is 0.463 e. The maximum Gasteiger partial charge on any atom is 0.202 e. The molecule has 1 N–H and O–H groups in total. The molecule has 0 saturated heterocycles. The summed E-state index contributed by atoms with van der Waals surface area (Å²) in [5.74, 6) is 0.865. The first-order chi connectivity index (χ1) is 13.7. The van der Waals surface area contributed by atoms with E-state index < -0.39 is 0 Å². The lowest BCUT2D eigenvalue weighted by molar-refractivity contribution is 0.461. The van der Waals surface area contributed by atoms with Gasteiger partial charge in [0.15, 0.2) is 0 Å². The van der Waals surface area contributed by atoms with Crippen molar-refractivity contribution in [1.82, 2.24) is 9.38 Å². The molecule has 142 valence electrons. The van der Waals surface area contributed by atoms with Crippen LogP contribution >= 0.6 is 15.9 Å². The van der Waals surface area contributed by atoms with Gasteiger partial charge in [-0.25, -0.2) is 4.98 Å². The molecule has 0 spiro atoms. The predicted octanol–water partition coefficient (Wildman–Crippen LogP) is 5.61. The normalized spacial score (nSPS) is 15.3. The van der Waals surface area contributed by atoms with Crippen LogP contribution in [0.25, 0.3) is 27.9 Å². The number of fused-ring (bicyclic) bond motifs is 2. The molecule has 1 aromatic carbocycles. The highest BCUT2D eigenvalue weighted by atomic mass is 79.9. The van der Waals surface area contributed by atoms with Gasteiger partial charge in [-0.2, -0.15) is 0 Å². The fourth-order valence-electron chi connectivity index (χ4n) is 4.03. The van der Waals surface area contributed by atoms with Gasteiger partial charge in [-0.15, -0.1) is 0 Å². The maximum atomic E-state index is 13.2. The third-order valence-corrected chi connectivity index (χ3v) is 5.96. The van der Waals surface area contributed by atoms with Crippen LogP contribution in [0.1, 0.15) is 32.1 Å². The van der Waals surface area contributed by atoms with Crippen LogP contribution < -0.4 is 10.7 Å². The van der Waals surface area contributed by atoms with Crippen molar-refractivity contribution >= 4 is 38.4 Å². The van der Waals surface area contributed by atoms with Crippen LogP contribution in [0.15, 0.2) is 62.5 Å². The lowest BCUT2D eigenvalue weighted by Gasteiger charge is -2.24. The van der Waals surface area contributed by atoms with Gasteiger partial charge < -0.3 is 9.73 Å². The van der Waals surface area contributed by atoms with Crippen LogP contribution in [-0.4, -0.2) is 15.4 Å². The van der Waals surface area contributed by atoms with Crippen LogP contribution in [0.4, 0.5) is 5.82 Å². The van der Waals surface area contributed by atoms with Gasteiger partial charge in [0.25, 0.3) is 0 Å². The number of halogens is 1. The summed E-state index contributed by atoms with van der Waals surface area (Å²) in [7, 11) is 0. The Morgan fingerprint density at radius 2 is 2.00 bits per heavy atom. The van der Waals surface area contributed by atoms with Gasteiger partial charge in [-0.1, -0.05) is 41.3 Å². The summed E-state index contributed by atoms with van der Waals surface area (Å²) < 4.78 is 8.65. The molecule has 5 nitrogen and oxygen atoms in total. The minimum atomic E-state index is -0.0716.